The van der Waals surface area contributed by atoms with Crippen molar-refractivity contribution in [2.75, 3.05) is 18.8 Å². The molecule has 1 fully saturated rings. The molecule has 3 atom stereocenters. The molecule has 1 aromatic rings. The van der Waals surface area contributed by atoms with Crippen LogP contribution >= 0.6 is 0 Å². The molecule has 19 heavy (non-hydrogen) atoms. The molecule has 0 aliphatic carbocycles. The molecule has 106 valence electrons. The van der Waals surface area contributed by atoms with Crippen LogP contribution in [0.15, 0.2) is 24.3 Å². The maximum absolute atomic E-state index is 5.82. The third-order valence-corrected chi connectivity index (χ3v) is 4.58. The third kappa shape index (κ3) is 3.97. The maximum Gasteiger partial charge on any atom is 0.0316 e. The Morgan fingerprint density at radius 2 is 2.05 bits per heavy atom. The lowest BCUT2D eigenvalue weighted by molar-refractivity contribution is 0.0789. The van der Waals surface area contributed by atoms with Gasteiger partial charge in [-0.2, -0.15) is 0 Å². The molecular formula is C17H28N2. The van der Waals surface area contributed by atoms with Crippen molar-refractivity contribution < 1.29 is 0 Å². The summed E-state index contributed by atoms with van der Waals surface area (Å²) < 4.78 is 0. The van der Waals surface area contributed by atoms with Crippen LogP contribution in [0.3, 0.4) is 0 Å². The van der Waals surface area contributed by atoms with Crippen LogP contribution < -0.4 is 5.73 Å². The van der Waals surface area contributed by atoms with Gasteiger partial charge in [0, 0.05) is 18.3 Å². The van der Waals surface area contributed by atoms with Crippen molar-refractivity contribution in [3.63, 3.8) is 0 Å². The van der Waals surface area contributed by atoms with Gasteiger partial charge in [0.05, 0.1) is 0 Å². The van der Waals surface area contributed by atoms with Gasteiger partial charge in [0.15, 0.2) is 0 Å². The van der Waals surface area contributed by atoms with Crippen LogP contribution in [0, 0.1) is 11.8 Å². The molecule has 1 aromatic carbocycles. The summed E-state index contributed by atoms with van der Waals surface area (Å²) in [6.45, 7) is 9.64. The van der Waals surface area contributed by atoms with E-state index in [0.717, 1.165) is 30.0 Å². The Morgan fingerprint density at radius 3 is 2.79 bits per heavy atom. The van der Waals surface area contributed by atoms with Gasteiger partial charge in [0.1, 0.15) is 0 Å². The van der Waals surface area contributed by atoms with Crippen molar-refractivity contribution in [2.45, 2.75) is 46.1 Å². The molecule has 1 aliphatic rings. The Morgan fingerprint density at radius 1 is 1.26 bits per heavy atom. The number of nitrogens with two attached hydrogens (primary N) is 1. The van der Waals surface area contributed by atoms with Gasteiger partial charge in [0.25, 0.3) is 0 Å². The van der Waals surface area contributed by atoms with E-state index >= 15 is 0 Å². The number of anilines is 1. The van der Waals surface area contributed by atoms with E-state index in [-0.39, 0.29) is 0 Å². The fraction of sp³-hybridized carbons (Fsp3) is 0.647. The molecule has 0 bridgehead atoms. The second kappa shape index (κ2) is 6.42. The molecule has 2 rings (SSSR count). The van der Waals surface area contributed by atoms with Gasteiger partial charge in [-0.15, -0.1) is 0 Å². The first-order valence-corrected chi connectivity index (χ1v) is 7.64. The summed E-state index contributed by atoms with van der Waals surface area (Å²) in [6, 6.07) is 9.03. The number of nitrogen functional groups attached to an aromatic ring is 1. The molecule has 1 saturated heterocycles. The van der Waals surface area contributed by atoms with E-state index < -0.39 is 0 Å². The predicted octanol–water partition coefficient (Wildman–Crippen LogP) is 3.57. The Balaban J connectivity index is 1.81. The molecule has 0 aromatic heterocycles. The van der Waals surface area contributed by atoms with Gasteiger partial charge >= 0.3 is 0 Å². The highest BCUT2D eigenvalue weighted by molar-refractivity contribution is 5.40. The van der Waals surface area contributed by atoms with Gasteiger partial charge in [-0.3, -0.25) is 0 Å². The zero-order chi connectivity index (χ0) is 13.8. The molecule has 0 amide bonds. The molecule has 3 unspecified atom stereocenters. The Kier molecular flexibility index (Phi) is 4.87. The lowest BCUT2D eigenvalue weighted by Gasteiger charge is -2.41. The van der Waals surface area contributed by atoms with Crippen LogP contribution in [0.1, 0.15) is 39.2 Å². The number of benzene rings is 1. The predicted molar refractivity (Wildman–Crippen MR) is 83.2 cm³/mol. The molecular weight excluding hydrogens is 232 g/mol. The summed E-state index contributed by atoms with van der Waals surface area (Å²) in [4.78, 5) is 2.67. The third-order valence-electron chi connectivity index (χ3n) is 4.58. The lowest BCUT2D eigenvalue weighted by atomic mass is 9.86. The fourth-order valence-electron chi connectivity index (χ4n) is 3.36. The van der Waals surface area contributed by atoms with Crippen molar-refractivity contribution in [1.29, 1.82) is 0 Å². The van der Waals surface area contributed by atoms with E-state index in [1.54, 1.807) is 0 Å². The molecule has 0 spiro atoms. The first-order valence-electron chi connectivity index (χ1n) is 7.64. The maximum atomic E-state index is 5.82. The highest BCUT2D eigenvalue weighted by Crippen LogP contribution is 2.27. The average Bonchev–Trinajstić information content (AvgIpc) is 2.35. The molecule has 0 radical (unpaired) electrons. The molecule has 1 heterocycles. The Bertz CT molecular complexity index is 402. The van der Waals surface area contributed by atoms with E-state index in [2.05, 4.69) is 43.9 Å². The fourth-order valence-corrected chi connectivity index (χ4v) is 3.36. The van der Waals surface area contributed by atoms with Crippen LogP contribution in [0.5, 0.6) is 0 Å². The van der Waals surface area contributed by atoms with Crippen LogP contribution in [0.4, 0.5) is 5.69 Å². The minimum absolute atomic E-state index is 0.733. The van der Waals surface area contributed by atoms with Crippen LogP contribution in [0.2, 0.25) is 0 Å². The van der Waals surface area contributed by atoms with E-state index in [9.17, 15) is 0 Å². The molecule has 2 nitrogen and oxygen atoms in total. The zero-order valence-electron chi connectivity index (χ0n) is 12.6. The molecule has 2 N–H and O–H groups in total. The minimum atomic E-state index is 0.733. The van der Waals surface area contributed by atoms with Gasteiger partial charge in [-0.1, -0.05) is 26.0 Å². The van der Waals surface area contributed by atoms with Crippen LogP contribution in [-0.4, -0.2) is 24.0 Å². The summed E-state index contributed by atoms with van der Waals surface area (Å²) in [7, 11) is 0. The van der Waals surface area contributed by atoms with Crippen molar-refractivity contribution in [3.8, 4) is 0 Å². The first kappa shape index (κ1) is 14.4. The van der Waals surface area contributed by atoms with Crippen molar-refractivity contribution in [1.82, 2.24) is 4.90 Å². The number of piperidine rings is 1. The minimum Gasteiger partial charge on any atom is -0.399 e. The highest BCUT2D eigenvalue weighted by Gasteiger charge is 2.27. The van der Waals surface area contributed by atoms with Gasteiger partial charge in [-0.25, -0.2) is 0 Å². The standard InChI is InChI=1S/C17H28N2/c1-13-10-14(2)15(3)19(12-13)9-5-7-16-6-4-8-17(18)11-16/h4,6,8,11,13-15H,5,7,9-10,12,18H2,1-3H3. The monoisotopic (exact) mass is 260 g/mol. The summed E-state index contributed by atoms with van der Waals surface area (Å²) in [5.41, 5.74) is 8.07. The number of rotatable bonds is 4. The number of hydrogen-bond donors (Lipinski definition) is 1. The highest BCUT2D eigenvalue weighted by atomic mass is 15.2. The molecule has 2 heteroatoms. The normalized spacial score (nSPS) is 28.5. The Hall–Kier alpha value is -1.02. The second-order valence-corrected chi connectivity index (χ2v) is 6.40. The number of aryl methyl sites for hydroxylation is 1. The van der Waals surface area contributed by atoms with Crippen molar-refractivity contribution >= 4 is 5.69 Å². The zero-order valence-corrected chi connectivity index (χ0v) is 12.6. The number of likely N-dealkylation sites (tertiary alicyclic amines) is 1. The average molecular weight is 260 g/mol. The van der Waals surface area contributed by atoms with Crippen molar-refractivity contribution in [2.24, 2.45) is 11.8 Å². The summed E-state index contributed by atoms with van der Waals surface area (Å²) >= 11 is 0. The Labute approximate surface area is 118 Å². The topological polar surface area (TPSA) is 29.3 Å². The summed E-state index contributed by atoms with van der Waals surface area (Å²) in [5, 5.41) is 0. The SMILES string of the molecule is CC1CC(C)C(C)N(CCCc2cccc(N)c2)C1. The van der Waals surface area contributed by atoms with Gasteiger partial charge in [0.2, 0.25) is 0 Å². The number of nitrogens with zero attached hydrogens (tertiary/aromatic N) is 1. The van der Waals surface area contributed by atoms with Gasteiger partial charge < -0.3 is 10.6 Å². The second-order valence-electron chi connectivity index (χ2n) is 6.40. The van der Waals surface area contributed by atoms with Crippen LogP contribution in [-0.2, 0) is 6.42 Å². The van der Waals surface area contributed by atoms with Gasteiger partial charge in [-0.05, 0) is 62.3 Å². The molecule has 0 saturated carbocycles. The first-order chi connectivity index (χ1) is 9.06. The van der Waals surface area contributed by atoms with E-state index in [0.29, 0.717) is 0 Å². The van der Waals surface area contributed by atoms with E-state index in [1.165, 1.54) is 31.5 Å². The summed E-state index contributed by atoms with van der Waals surface area (Å²) in [6.07, 6.45) is 3.75. The number of hydrogen-bond acceptors (Lipinski definition) is 2. The quantitative estimate of drug-likeness (QED) is 0.839. The molecule has 1 aliphatic heterocycles. The van der Waals surface area contributed by atoms with Crippen molar-refractivity contribution in [3.05, 3.63) is 29.8 Å². The van der Waals surface area contributed by atoms with E-state index in [1.807, 2.05) is 6.07 Å². The van der Waals surface area contributed by atoms with Crippen LogP contribution in [0.25, 0.3) is 0 Å². The smallest absolute Gasteiger partial charge is 0.0316 e. The summed E-state index contributed by atoms with van der Waals surface area (Å²) in [5.74, 6) is 1.68. The largest absolute Gasteiger partial charge is 0.399 e. The van der Waals surface area contributed by atoms with E-state index in [4.69, 9.17) is 5.73 Å². The lowest BCUT2D eigenvalue weighted by Crippen LogP contribution is -2.46.